The van der Waals surface area contributed by atoms with Gasteiger partial charge in [-0.2, -0.15) is 0 Å². The van der Waals surface area contributed by atoms with E-state index in [9.17, 15) is 4.39 Å². The topological polar surface area (TPSA) is 71.7 Å². The van der Waals surface area contributed by atoms with E-state index in [0.29, 0.717) is 24.3 Å². The molecular weight excluding hydrogens is 359 g/mol. The maximum absolute atomic E-state index is 14.5. The lowest BCUT2D eigenvalue weighted by Gasteiger charge is -2.15. The summed E-state index contributed by atoms with van der Waals surface area (Å²) in [6.07, 6.45) is 4.90. The Morgan fingerprint density at radius 2 is 2.23 bits per heavy atom. The van der Waals surface area contributed by atoms with Gasteiger partial charge in [-0.3, -0.25) is 0 Å². The van der Waals surface area contributed by atoms with Crippen LogP contribution in [0.5, 0.6) is 0 Å². The van der Waals surface area contributed by atoms with E-state index in [-0.39, 0.29) is 24.3 Å². The highest BCUT2D eigenvalue weighted by Gasteiger charge is 2.23. The molecule has 2 aliphatic heterocycles. The van der Waals surface area contributed by atoms with Gasteiger partial charge in [0.25, 0.3) is 0 Å². The van der Waals surface area contributed by atoms with Crippen LogP contribution >= 0.6 is 12.4 Å². The van der Waals surface area contributed by atoms with Crippen LogP contribution in [0, 0.1) is 5.82 Å². The lowest BCUT2D eigenvalue weighted by atomic mass is 9.96. The molecule has 4 rings (SSSR count). The fourth-order valence-corrected chi connectivity index (χ4v) is 3.05. The molecule has 2 aromatic rings. The molecule has 2 aliphatic rings. The fraction of sp³-hybridized carbons (Fsp3) is 0.333. The zero-order chi connectivity index (χ0) is 17.1. The third-order valence-electron chi connectivity index (χ3n) is 4.39. The van der Waals surface area contributed by atoms with Gasteiger partial charge >= 0.3 is 0 Å². The van der Waals surface area contributed by atoms with E-state index in [1.807, 2.05) is 18.2 Å². The molecule has 0 amide bonds. The molecule has 0 saturated heterocycles. The smallest absolute Gasteiger partial charge is 0.169 e. The Balaban J connectivity index is 0.00000196. The predicted molar refractivity (Wildman–Crippen MR) is 100 cm³/mol. The summed E-state index contributed by atoms with van der Waals surface area (Å²) >= 11 is 0. The summed E-state index contributed by atoms with van der Waals surface area (Å²) in [5, 5.41) is 14.2. The number of hydrogen-bond donors (Lipinski definition) is 2. The molecule has 0 unspecified atom stereocenters. The SMILES string of the molecule is Cl.Fc1cc(C2=NO[C@H](CNc3ccon3)C2)ccc1C1=CCNCC1. The quantitative estimate of drug-likeness (QED) is 0.835. The van der Waals surface area contributed by atoms with Gasteiger partial charge in [-0.25, -0.2) is 4.39 Å². The first-order valence-corrected chi connectivity index (χ1v) is 8.36. The van der Waals surface area contributed by atoms with Gasteiger partial charge in [0.05, 0.1) is 12.3 Å². The highest BCUT2D eigenvalue weighted by molar-refractivity contribution is 6.01. The van der Waals surface area contributed by atoms with Crippen molar-refractivity contribution in [2.75, 3.05) is 25.0 Å². The van der Waals surface area contributed by atoms with E-state index in [2.05, 4.69) is 20.9 Å². The Bertz CT molecular complexity index is 808. The largest absolute Gasteiger partial charge is 0.390 e. The first-order chi connectivity index (χ1) is 12.3. The van der Waals surface area contributed by atoms with Crippen molar-refractivity contribution in [2.45, 2.75) is 18.9 Å². The average Bonchev–Trinajstić information content (AvgIpc) is 3.32. The minimum Gasteiger partial charge on any atom is -0.390 e. The molecule has 26 heavy (non-hydrogen) atoms. The number of hydrogen-bond acceptors (Lipinski definition) is 6. The molecule has 8 heteroatoms. The van der Waals surface area contributed by atoms with Crippen molar-refractivity contribution in [1.29, 1.82) is 0 Å². The van der Waals surface area contributed by atoms with Crippen LogP contribution < -0.4 is 10.6 Å². The second-order valence-electron chi connectivity index (χ2n) is 6.11. The fourth-order valence-electron chi connectivity index (χ4n) is 3.05. The van der Waals surface area contributed by atoms with Crippen LogP contribution in [0.25, 0.3) is 5.57 Å². The first kappa shape index (κ1) is 18.4. The highest BCUT2D eigenvalue weighted by Crippen LogP contribution is 2.25. The molecule has 0 saturated carbocycles. The maximum Gasteiger partial charge on any atom is 0.169 e. The second-order valence-corrected chi connectivity index (χ2v) is 6.11. The van der Waals surface area contributed by atoms with E-state index in [0.717, 1.165) is 36.4 Å². The van der Waals surface area contributed by atoms with Crippen molar-refractivity contribution in [3.63, 3.8) is 0 Å². The molecule has 0 aliphatic carbocycles. The molecule has 1 atom stereocenters. The molecule has 0 bridgehead atoms. The minimum atomic E-state index is -0.211. The summed E-state index contributed by atoms with van der Waals surface area (Å²) in [5.74, 6) is 0.445. The molecule has 1 aromatic heterocycles. The second kappa shape index (κ2) is 8.33. The minimum absolute atomic E-state index is 0. The van der Waals surface area contributed by atoms with Crippen molar-refractivity contribution in [3.8, 4) is 0 Å². The monoisotopic (exact) mass is 378 g/mol. The summed E-state index contributed by atoms with van der Waals surface area (Å²) in [6, 6.07) is 7.04. The van der Waals surface area contributed by atoms with Gasteiger partial charge in [0, 0.05) is 30.2 Å². The van der Waals surface area contributed by atoms with E-state index in [4.69, 9.17) is 9.36 Å². The van der Waals surface area contributed by atoms with Crippen molar-refractivity contribution in [2.24, 2.45) is 5.16 Å². The molecule has 3 heterocycles. The number of halogens is 2. The van der Waals surface area contributed by atoms with Crippen LogP contribution in [-0.2, 0) is 4.84 Å². The number of nitrogens with one attached hydrogen (secondary N) is 2. The van der Waals surface area contributed by atoms with Gasteiger partial charge in [-0.05, 0) is 24.6 Å². The van der Waals surface area contributed by atoms with Gasteiger partial charge in [-0.1, -0.05) is 28.5 Å². The zero-order valence-corrected chi connectivity index (χ0v) is 14.9. The number of nitrogens with zero attached hydrogens (tertiary/aromatic N) is 2. The van der Waals surface area contributed by atoms with Crippen molar-refractivity contribution in [3.05, 3.63) is 53.5 Å². The molecule has 0 fully saturated rings. The van der Waals surface area contributed by atoms with Crippen LogP contribution in [0.3, 0.4) is 0 Å². The summed E-state index contributed by atoms with van der Waals surface area (Å²) in [7, 11) is 0. The molecular formula is C18H20ClFN4O2. The van der Waals surface area contributed by atoms with Crippen LogP contribution in [-0.4, -0.2) is 36.6 Å². The average molecular weight is 379 g/mol. The molecule has 0 spiro atoms. The molecule has 138 valence electrons. The van der Waals surface area contributed by atoms with E-state index < -0.39 is 0 Å². The van der Waals surface area contributed by atoms with Crippen molar-refractivity contribution in [1.82, 2.24) is 10.5 Å². The molecule has 0 radical (unpaired) electrons. The number of anilines is 1. The Labute approximate surface area is 156 Å². The van der Waals surface area contributed by atoms with Gasteiger partial charge in [0.15, 0.2) is 5.82 Å². The molecule has 6 nitrogen and oxygen atoms in total. The predicted octanol–water partition coefficient (Wildman–Crippen LogP) is 3.22. The Hall–Kier alpha value is -2.38. The lowest BCUT2D eigenvalue weighted by Crippen LogP contribution is -2.20. The number of aromatic nitrogens is 1. The summed E-state index contributed by atoms with van der Waals surface area (Å²) in [6.45, 7) is 2.23. The first-order valence-electron chi connectivity index (χ1n) is 8.36. The summed E-state index contributed by atoms with van der Waals surface area (Å²) in [5.41, 5.74) is 3.26. The number of benzene rings is 1. The third-order valence-corrected chi connectivity index (χ3v) is 4.39. The zero-order valence-electron chi connectivity index (χ0n) is 14.1. The van der Waals surface area contributed by atoms with E-state index in [1.54, 1.807) is 12.1 Å². The summed E-state index contributed by atoms with van der Waals surface area (Å²) in [4.78, 5) is 5.43. The Morgan fingerprint density at radius 3 is 2.96 bits per heavy atom. The van der Waals surface area contributed by atoms with Crippen LogP contribution in [0.2, 0.25) is 0 Å². The van der Waals surface area contributed by atoms with Crippen molar-refractivity contribution >= 4 is 29.5 Å². The number of rotatable bonds is 5. The van der Waals surface area contributed by atoms with Crippen LogP contribution in [0.4, 0.5) is 10.2 Å². The van der Waals surface area contributed by atoms with E-state index >= 15 is 0 Å². The van der Waals surface area contributed by atoms with E-state index in [1.165, 1.54) is 6.26 Å². The van der Waals surface area contributed by atoms with Gasteiger partial charge < -0.3 is 20.0 Å². The summed E-state index contributed by atoms with van der Waals surface area (Å²) < 4.78 is 19.3. The van der Waals surface area contributed by atoms with Crippen LogP contribution in [0.1, 0.15) is 24.0 Å². The normalized spacial score (nSPS) is 19.2. The number of oxime groups is 1. The van der Waals surface area contributed by atoms with Gasteiger partial charge in [0.2, 0.25) is 0 Å². The highest BCUT2D eigenvalue weighted by atomic mass is 35.5. The standard InChI is InChI=1S/C18H19FN4O2.ClH/c19-16-9-13(1-2-15(16)12-3-6-20-7-4-12)17-10-14(25-22-17)11-21-18-5-8-24-23-18;/h1-3,5,8-9,14,20H,4,6-7,10-11H2,(H,21,23);1H/t14-;/m0./s1. The Kier molecular flexibility index (Phi) is 5.90. The molecule has 1 aromatic carbocycles. The third kappa shape index (κ3) is 4.05. The lowest BCUT2D eigenvalue weighted by molar-refractivity contribution is 0.0948. The van der Waals surface area contributed by atoms with Gasteiger partial charge in [-0.15, -0.1) is 12.4 Å². The van der Waals surface area contributed by atoms with Crippen LogP contribution in [0.15, 0.2) is 46.3 Å². The molecule has 2 N–H and O–H groups in total. The van der Waals surface area contributed by atoms with Crippen molar-refractivity contribution < 1.29 is 13.8 Å². The maximum atomic E-state index is 14.5. The Morgan fingerprint density at radius 1 is 1.31 bits per heavy atom. The van der Waals surface area contributed by atoms with Gasteiger partial charge in [0.1, 0.15) is 18.2 Å².